The Morgan fingerprint density at radius 2 is 2.09 bits per heavy atom. The predicted octanol–water partition coefficient (Wildman–Crippen LogP) is 2.86. The smallest absolute Gasteiger partial charge is 0.325 e. The molecule has 2 aromatic heterocycles. The Hall–Kier alpha value is -3.20. The highest BCUT2D eigenvalue weighted by Gasteiger charge is 2.27. The number of H-pyrrole nitrogens is 1. The van der Waals surface area contributed by atoms with Crippen molar-refractivity contribution in [3.63, 3.8) is 0 Å². The molecule has 3 heterocycles. The monoisotopic (exact) mass is 454 g/mol. The number of anilines is 1. The molecule has 8 nitrogen and oxygen atoms in total. The fourth-order valence-electron chi connectivity index (χ4n) is 3.95. The van der Waals surface area contributed by atoms with Crippen LogP contribution in [0.4, 0.5) is 5.95 Å². The number of hydrogen-bond donors (Lipinski definition) is 2. The number of aromatic nitrogens is 2. The number of piperidine rings is 1. The van der Waals surface area contributed by atoms with Crippen molar-refractivity contribution in [2.75, 3.05) is 31.1 Å². The molecular formula is C23H26N4O4S. The van der Waals surface area contributed by atoms with E-state index in [4.69, 9.17) is 9.72 Å². The summed E-state index contributed by atoms with van der Waals surface area (Å²) in [5.74, 6) is -0.233. The molecule has 9 heteroatoms. The van der Waals surface area contributed by atoms with Crippen LogP contribution >= 0.6 is 11.3 Å². The lowest BCUT2D eigenvalue weighted by Crippen LogP contribution is -2.42. The zero-order chi connectivity index (χ0) is 22.7. The van der Waals surface area contributed by atoms with Gasteiger partial charge in [0.05, 0.1) is 12.1 Å². The molecule has 0 unspecified atom stereocenters. The van der Waals surface area contributed by atoms with Crippen LogP contribution in [0, 0.1) is 12.8 Å². The molecule has 2 N–H and O–H groups in total. The maximum Gasteiger partial charge on any atom is 0.325 e. The van der Waals surface area contributed by atoms with Crippen LogP contribution in [0.1, 0.15) is 25.3 Å². The number of fused-ring (bicyclic) bond motifs is 1. The molecule has 1 aliphatic heterocycles. The van der Waals surface area contributed by atoms with Crippen molar-refractivity contribution in [3.8, 4) is 11.1 Å². The van der Waals surface area contributed by atoms with E-state index in [1.165, 1.54) is 11.3 Å². The van der Waals surface area contributed by atoms with Crippen LogP contribution in [0.25, 0.3) is 21.3 Å². The van der Waals surface area contributed by atoms with Crippen LogP contribution < -0.4 is 15.8 Å². The molecule has 0 spiro atoms. The number of esters is 1. The molecule has 1 fully saturated rings. The van der Waals surface area contributed by atoms with Crippen molar-refractivity contribution >= 4 is 39.4 Å². The lowest BCUT2D eigenvalue weighted by atomic mass is 9.96. The number of carbonyl (C=O) groups excluding carboxylic acids is 2. The average molecular weight is 455 g/mol. The van der Waals surface area contributed by atoms with Gasteiger partial charge in [-0.25, -0.2) is 4.98 Å². The second-order valence-corrected chi connectivity index (χ2v) is 8.75. The Bertz CT molecular complexity index is 1190. The fraction of sp³-hybridized carbons (Fsp3) is 0.391. The van der Waals surface area contributed by atoms with E-state index in [-0.39, 0.29) is 23.9 Å². The summed E-state index contributed by atoms with van der Waals surface area (Å²) in [5, 5.41) is 4.63. The molecule has 4 rings (SSSR count). The van der Waals surface area contributed by atoms with Crippen molar-refractivity contribution in [2.24, 2.45) is 5.92 Å². The lowest BCUT2D eigenvalue weighted by molar-refractivity contribution is -0.143. The standard InChI is InChI=1S/C23H26N4O4S/c1-3-31-18(28)12-24-21(29)15-7-9-27(10-8-15)23-25-19-17(13-32-20(19)22(30)26-23)16-6-4-5-14(2)11-16/h4-6,11,13,15H,3,7-10,12H2,1-2H3,(H,24,29)(H,25,26,30). The number of aryl methyl sites for hydroxylation is 1. The van der Waals surface area contributed by atoms with E-state index in [9.17, 15) is 14.4 Å². The van der Waals surface area contributed by atoms with Gasteiger partial charge in [0, 0.05) is 30.0 Å². The van der Waals surface area contributed by atoms with Crippen molar-refractivity contribution in [2.45, 2.75) is 26.7 Å². The summed E-state index contributed by atoms with van der Waals surface area (Å²) in [6.07, 6.45) is 1.23. The van der Waals surface area contributed by atoms with Gasteiger partial charge in [0.1, 0.15) is 11.2 Å². The highest BCUT2D eigenvalue weighted by molar-refractivity contribution is 7.17. The Balaban J connectivity index is 1.48. The van der Waals surface area contributed by atoms with Gasteiger partial charge in [0.15, 0.2) is 0 Å². The minimum Gasteiger partial charge on any atom is -0.465 e. The number of ether oxygens (including phenoxy) is 1. The number of thiophene rings is 1. The van der Waals surface area contributed by atoms with E-state index >= 15 is 0 Å². The highest BCUT2D eigenvalue weighted by Crippen LogP contribution is 2.32. The number of carbonyl (C=O) groups is 2. The van der Waals surface area contributed by atoms with Gasteiger partial charge < -0.3 is 15.0 Å². The van der Waals surface area contributed by atoms with E-state index in [2.05, 4.69) is 16.4 Å². The van der Waals surface area contributed by atoms with Crippen molar-refractivity contribution < 1.29 is 14.3 Å². The summed E-state index contributed by atoms with van der Waals surface area (Å²) >= 11 is 1.40. The number of amides is 1. The first-order valence-electron chi connectivity index (χ1n) is 10.7. The molecule has 1 saturated heterocycles. The van der Waals surface area contributed by atoms with Gasteiger partial charge in [-0.2, -0.15) is 0 Å². The van der Waals surface area contributed by atoms with Crippen molar-refractivity contribution in [3.05, 3.63) is 45.6 Å². The number of hydrogen-bond acceptors (Lipinski definition) is 7. The summed E-state index contributed by atoms with van der Waals surface area (Å²) in [7, 11) is 0. The topological polar surface area (TPSA) is 104 Å². The molecule has 0 atom stereocenters. The number of nitrogens with zero attached hydrogens (tertiary/aromatic N) is 2. The first-order valence-corrected chi connectivity index (χ1v) is 11.6. The van der Waals surface area contributed by atoms with Crippen LogP contribution in [-0.2, 0) is 14.3 Å². The van der Waals surface area contributed by atoms with E-state index in [0.29, 0.717) is 48.7 Å². The maximum absolute atomic E-state index is 12.7. The van der Waals surface area contributed by atoms with Crippen LogP contribution in [0.3, 0.4) is 0 Å². The summed E-state index contributed by atoms with van der Waals surface area (Å²) < 4.78 is 5.45. The zero-order valence-electron chi connectivity index (χ0n) is 18.1. The molecule has 168 valence electrons. The van der Waals surface area contributed by atoms with Crippen molar-refractivity contribution in [1.29, 1.82) is 0 Å². The van der Waals surface area contributed by atoms with Gasteiger partial charge >= 0.3 is 5.97 Å². The van der Waals surface area contributed by atoms with E-state index in [1.54, 1.807) is 6.92 Å². The summed E-state index contributed by atoms with van der Waals surface area (Å²) in [6, 6.07) is 8.15. The summed E-state index contributed by atoms with van der Waals surface area (Å²) in [4.78, 5) is 46.2. The van der Waals surface area contributed by atoms with Gasteiger partial charge in [-0.1, -0.05) is 29.8 Å². The molecule has 0 aliphatic carbocycles. The van der Waals surface area contributed by atoms with Crippen molar-refractivity contribution in [1.82, 2.24) is 15.3 Å². The summed E-state index contributed by atoms with van der Waals surface area (Å²) in [6.45, 7) is 5.13. The molecule has 0 radical (unpaired) electrons. The molecule has 1 aromatic carbocycles. The Labute approximate surface area is 189 Å². The number of nitrogens with one attached hydrogen (secondary N) is 2. The zero-order valence-corrected chi connectivity index (χ0v) is 19.0. The second kappa shape index (κ2) is 9.52. The minimum atomic E-state index is -0.437. The highest BCUT2D eigenvalue weighted by atomic mass is 32.1. The van der Waals surface area contributed by atoms with Crippen LogP contribution in [-0.4, -0.2) is 48.1 Å². The van der Waals surface area contributed by atoms with Crippen LogP contribution in [0.2, 0.25) is 0 Å². The Morgan fingerprint density at radius 1 is 1.31 bits per heavy atom. The van der Waals surface area contributed by atoms with Crippen LogP contribution in [0.15, 0.2) is 34.4 Å². The molecule has 3 aromatic rings. The number of rotatable bonds is 6. The molecule has 1 aliphatic rings. The molecular weight excluding hydrogens is 428 g/mol. The minimum absolute atomic E-state index is 0.113. The third kappa shape index (κ3) is 4.67. The number of aromatic amines is 1. The second-order valence-electron chi connectivity index (χ2n) is 7.87. The van der Waals surface area contributed by atoms with E-state index in [1.807, 2.05) is 35.4 Å². The SMILES string of the molecule is CCOC(=O)CNC(=O)C1CCN(c2nc3c(-c4cccc(C)c4)csc3c(=O)[nH]2)CC1. The van der Waals surface area contributed by atoms with Gasteiger partial charge in [-0.3, -0.25) is 19.4 Å². The fourth-order valence-corrected chi connectivity index (χ4v) is 4.86. The molecule has 1 amide bonds. The third-order valence-corrected chi connectivity index (χ3v) is 6.59. The quantitative estimate of drug-likeness (QED) is 0.555. The maximum atomic E-state index is 12.7. The van der Waals surface area contributed by atoms with Gasteiger partial charge in [0.25, 0.3) is 5.56 Å². The lowest BCUT2D eigenvalue weighted by Gasteiger charge is -2.31. The molecule has 0 saturated carbocycles. The first-order chi connectivity index (χ1) is 15.5. The predicted molar refractivity (Wildman–Crippen MR) is 125 cm³/mol. The van der Waals surface area contributed by atoms with E-state index in [0.717, 1.165) is 16.7 Å². The molecule has 32 heavy (non-hydrogen) atoms. The van der Waals surface area contributed by atoms with Gasteiger partial charge in [-0.05, 0) is 32.3 Å². The normalized spacial score (nSPS) is 14.5. The van der Waals surface area contributed by atoms with E-state index < -0.39 is 5.97 Å². The molecule has 0 bridgehead atoms. The van der Waals surface area contributed by atoms with Gasteiger partial charge in [0.2, 0.25) is 11.9 Å². The van der Waals surface area contributed by atoms with Crippen LogP contribution in [0.5, 0.6) is 0 Å². The summed E-state index contributed by atoms with van der Waals surface area (Å²) in [5.41, 5.74) is 3.69. The Kier molecular flexibility index (Phi) is 6.55. The Morgan fingerprint density at radius 3 is 2.81 bits per heavy atom. The first kappa shape index (κ1) is 22.0. The number of benzene rings is 1. The average Bonchev–Trinajstić information content (AvgIpc) is 3.22. The van der Waals surface area contributed by atoms with Gasteiger partial charge in [-0.15, -0.1) is 11.3 Å². The largest absolute Gasteiger partial charge is 0.465 e. The third-order valence-electron chi connectivity index (χ3n) is 5.62.